The van der Waals surface area contributed by atoms with Crippen LogP contribution in [0.4, 0.5) is 0 Å². The van der Waals surface area contributed by atoms with E-state index < -0.39 is 18.1 Å². The number of aliphatic hydroxyl groups excluding tert-OH is 1. The number of carboxylic acid groups (broad SMARTS) is 1. The average Bonchev–Trinajstić information content (AvgIpc) is 2.55. The lowest BCUT2D eigenvalue weighted by atomic mass is 10.0. The number of hydrogen-bond acceptors (Lipinski definition) is 3. The third-order valence-electron chi connectivity index (χ3n) is 3.23. The second-order valence-corrected chi connectivity index (χ2v) is 5.33. The second-order valence-electron chi connectivity index (χ2n) is 5.33. The number of nitrogens with two attached hydrogens (primary N) is 1. The van der Waals surface area contributed by atoms with Crippen LogP contribution in [0.2, 0.25) is 0 Å². The van der Waals surface area contributed by atoms with Crippen molar-refractivity contribution in [2.75, 3.05) is 0 Å². The minimum Gasteiger partial charge on any atom is -0.480 e. The highest BCUT2D eigenvalue weighted by atomic mass is 16.4. The van der Waals surface area contributed by atoms with Crippen LogP contribution >= 0.6 is 0 Å². The zero-order valence-electron chi connectivity index (χ0n) is 12.9. The first-order valence-electron chi connectivity index (χ1n) is 7.19. The Labute approximate surface area is 131 Å². The Hall–Kier alpha value is -2.17. The number of rotatable bonds is 4. The summed E-state index contributed by atoms with van der Waals surface area (Å²) >= 11 is 0. The highest BCUT2D eigenvalue weighted by Crippen LogP contribution is 2.20. The largest absolute Gasteiger partial charge is 0.480 e. The molecule has 0 fully saturated rings. The van der Waals surface area contributed by atoms with Gasteiger partial charge in [-0.15, -0.1) is 0 Å². The summed E-state index contributed by atoms with van der Waals surface area (Å²) in [5.74, 6) is -0.910. The monoisotopic (exact) mass is 301 g/mol. The van der Waals surface area contributed by atoms with Gasteiger partial charge in [0.05, 0.1) is 0 Å². The molecule has 0 heterocycles. The predicted octanol–water partition coefficient (Wildman–Crippen LogP) is 2.82. The fourth-order valence-electron chi connectivity index (χ4n) is 1.75. The highest BCUT2D eigenvalue weighted by Gasteiger charge is 2.14. The quantitative estimate of drug-likeness (QED) is 0.811. The summed E-state index contributed by atoms with van der Waals surface area (Å²) in [5.41, 5.74) is 7.02. The molecule has 0 aromatic heterocycles. The molecule has 4 heteroatoms. The summed E-state index contributed by atoms with van der Waals surface area (Å²) < 4.78 is 0. The van der Waals surface area contributed by atoms with Crippen LogP contribution in [-0.2, 0) is 4.79 Å². The molecule has 118 valence electrons. The first-order valence-corrected chi connectivity index (χ1v) is 7.19. The fraction of sp³-hybridized carbons (Fsp3) is 0.278. The maximum atomic E-state index is 10.0. The van der Waals surface area contributed by atoms with Crippen molar-refractivity contribution >= 4 is 5.97 Å². The average molecular weight is 301 g/mol. The molecular weight excluding hydrogens is 278 g/mol. The van der Waals surface area contributed by atoms with E-state index in [0.29, 0.717) is 0 Å². The van der Waals surface area contributed by atoms with Crippen LogP contribution in [0, 0.1) is 5.92 Å². The van der Waals surface area contributed by atoms with Crippen LogP contribution in [0.25, 0.3) is 0 Å². The fourth-order valence-corrected chi connectivity index (χ4v) is 1.75. The number of hydrogen-bond donors (Lipinski definition) is 3. The molecule has 22 heavy (non-hydrogen) atoms. The molecule has 2 aromatic rings. The Morgan fingerprint density at radius 1 is 0.909 bits per heavy atom. The molecule has 0 bridgehead atoms. The van der Waals surface area contributed by atoms with E-state index in [9.17, 15) is 9.90 Å². The van der Waals surface area contributed by atoms with Gasteiger partial charge in [0.25, 0.3) is 0 Å². The first-order chi connectivity index (χ1) is 10.4. The van der Waals surface area contributed by atoms with E-state index in [2.05, 4.69) is 0 Å². The van der Waals surface area contributed by atoms with Crippen LogP contribution in [0.1, 0.15) is 31.1 Å². The van der Waals surface area contributed by atoms with E-state index in [1.54, 1.807) is 13.8 Å². The maximum absolute atomic E-state index is 10.0. The van der Waals surface area contributed by atoms with Crippen molar-refractivity contribution in [1.82, 2.24) is 0 Å². The lowest BCUT2D eigenvalue weighted by Gasteiger charge is -2.10. The Bertz CT molecular complexity index is 516. The van der Waals surface area contributed by atoms with Gasteiger partial charge in [-0.25, -0.2) is 0 Å². The maximum Gasteiger partial charge on any atom is 0.320 e. The lowest BCUT2D eigenvalue weighted by molar-refractivity contribution is -0.139. The lowest BCUT2D eigenvalue weighted by Crippen LogP contribution is -2.34. The van der Waals surface area contributed by atoms with Gasteiger partial charge >= 0.3 is 5.97 Å². The summed E-state index contributed by atoms with van der Waals surface area (Å²) in [6.45, 7) is 3.55. The SMILES string of the molecule is CC(C)[C@H](N)C(=O)O.OC(c1ccccc1)c1ccccc1. The van der Waals surface area contributed by atoms with Crippen LogP contribution < -0.4 is 5.73 Å². The van der Waals surface area contributed by atoms with Gasteiger partial charge in [-0.1, -0.05) is 74.5 Å². The zero-order valence-corrected chi connectivity index (χ0v) is 12.9. The molecule has 0 saturated heterocycles. The van der Waals surface area contributed by atoms with Crippen LogP contribution in [-0.4, -0.2) is 22.2 Å². The number of carboxylic acids is 1. The molecule has 0 aliphatic heterocycles. The van der Waals surface area contributed by atoms with Crippen LogP contribution in [0.15, 0.2) is 60.7 Å². The number of aliphatic carboxylic acids is 1. The van der Waals surface area contributed by atoms with Crippen molar-refractivity contribution in [2.24, 2.45) is 11.7 Å². The molecule has 0 aliphatic carbocycles. The molecule has 2 aromatic carbocycles. The number of carbonyl (C=O) groups is 1. The zero-order chi connectivity index (χ0) is 16.5. The molecule has 0 unspecified atom stereocenters. The summed E-state index contributed by atoms with van der Waals surface area (Å²) in [6, 6.07) is 18.6. The van der Waals surface area contributed by atoms with Gasteiger partial charge in [0.1, 0.15) is 12.1 Å². The molecule has 2 rings (SSSR count). The first kappa shape index (κ1) is 17.9. The second kappa shape index (κ2) is 8.97. The number of aliphatic hydroxyl groups is 1. The van der Waals surface area contributed by atoms with E-state index in [1.165, 1.54) is 0 Å². The van der Waals surface area contributed by atoms with E-state index in [4.69, 9.17) is 10.8 Å². The van der Waals surface area contributed by atoms with Crippen molar-refractivity contribution in [3.63, 3.8) is 0 Å². The van der Waals surface area contributed by atoms with Gasteiger partial charge in [-0.05, 0) is 17.0 Å². The molecule has 0 spiro atoms. The molecule has 0 saturated carbocycles. The number of benzene rings is 2. The molecule has 1 atom stereocenters. The normalized spacial score (nSPS) is 11.7. The standard InChI is InChI=1S/C13H12O.C5H11NO2/c14-13(11-7-3-1-4-8-11)12-9-5-2-6-10-12;1-3(2)4(6)5(7)8/h1-10,13-14H;3-4H,6H2,1-2H3,(H,7,8)/t;4-/m.0/s1. The van der Waals surface area contributed by atoms with Gasteiger partial charge in [0, 0.05) is 0 Å². The Kier molecular flexibility index (Phi) is 7.29. The molecule has 4 N–H and O–H groups in total. The molecular formula is C18H23NO3. The van der Waals surface area contributed by atoms with E-state index in [-0.39, 0.29) is 5.92 Å². The smallest absolute Gasteiger partial charge is 0.320 e. The third kappa shape index (κ3) is 5.68. The minimum atomic E-state index is -0.931. The van der Waals surface area contributed by atoms with Crippen LogP contribution in [0.5, 0.6) is 0 Å². The molecule has 0 radical (unpaired) electrons. The summed E-state index contributed by atoms with van der Waals surface area (Å²) in [7, 11) is 0. The van der Waals surface area contributed by atoms with Crippen molar-refractivity contribution in [1.29, 1.82) is 0 Å². The van der Waals surface area contributed by atoms with Gasteiger partial charge in [-0.3, -0.25) is 4.79 Å². The highest BCUT2D eigenvalue weighted by molar-refractivity contribution is 5.73. The topological polar surface area (TPSA) is 83.6 Å². The van der Waals surface area contributed by atoms with Crippen molar-refractivity contribution < 1.29 is 15.0 Å². The van der Waals surface area contributed by atoms with Gasteiger partial charge in [0.2, 0.25) is 0 Å². The summed E-state index contributed by atoms with van der Waals surface area (Å²) in [6.07, 6.45) is -0.516. The van der Waals surface area contributed by atoms with Gasteiger partial charge in [0.15, 0.2) is 0 Å². The summed E-state index contributed by atoms with van der Waals surface area (Å²) in [4.78, 5) is 10.0. The van der Waals surface area contributed by atoms with E-state index in [0.717, 1.165) is 11.1 Å². The minimum absolute atomic E-state index is 0.0208. The predicted molar refractivity (Wildman–Crippen MR) is 87.4 cm³/mol. The van der Waals surface area contributed by atoms with E-state index in [1.807, 2.05) is 60.7 Å². The van der Waals surface area contributed by atoms with Crippen LogP contribution in [0.3, 0.4) is 0 Å². The van der Waals surface area contributed by atoms with Gasteiger partial charge in [-0.2, -0.15) is 0 Å². The third-order valence-corrected chi connectivity index (χ3v) is 3.23. The molecule has 4 nitrogen and oxygen atoms in total. The Morgan fingerprint density at radius 3 is 1.50 bits per heavy atom. The molecule has 0 amide bonds. The Morgan fingerprint density at radius 2 is 1.27 bits per heavy atom. The van der Waals surface area contributed by atoms with Crippen molar-refractivity contribution in [2.45, 2.75) is 26.0 Å². The van der Waals surface area contributed by atoms with Crippen molar-refractivity contribution in [3.05, 3.63) is 71.8 Å². The van der Waals surface area contributed by atoms with E-state index >= 15 is 0 Å². The Balaban J connectivity index is 0.000000261. The molecule has 0 aliphatic rings. The van der Waals surface area contributed by atoms with Crippen molar-refractivity contribution in [3.8, 4) is 0 Å². The summed E-state index contributed by atoms with van der Waals surface area (Å²) in [5, 5.41) is 18.2. The van der Waals surface area contributed by atoms with Gasteiger partial charge < -0.3 is 15.9 Å².